The van der Waals surface area contributed by atoms with Crippen LogP contribution in [0.1, 0.15) is 30.3 Å². The molecule has 0 aliphatic carbocycles. The molecule has 39 heavy (non-hydrogen) atoms. The Balaban J connectivity index is 1.28. The molecule has 0 bridgehead atoms. The minimum absolute atomic E-state index is 0.183. The Labute approximate surface area is 217 Å². The molecular formula is C22H25F6N7O4. The van der Waals surface area contributed by atoms with Crippen molar-refractivity contribution in [2.45, 2.75) is 50.3 Å². The van der Waals surface area contributed by atoms with E-state index in [2.05, 4.69) is 20.4 Å². The summed E-state index contributed by atoms with van der Waals surface area (Å²) in [6.07, 6.45) is -8.84. The number of H-pyrrole nitrogens is 1. The molecule has 2 aromatic heterocycles. The molecule has 0 aromatic carbocycles. The number of piperazine rings is 1. The number of aliphatic hydroxyl groups excluding tert-OH is 1. The molecule has 2 aliphatic rings. The van der Waals surface area contributed by atoms with E-state index in [1.165, 1.54) is 11.8 Å². The summed E-state index contributed by atoms with van der Waals surface area (Å²) in [5.41, 5.74) is -4.19. The normalized spacial score (nSPS) is 19.2. The molecule has 1 saturated heterocycles. The van der Waals surface area contributed by atoms with Gasteiger partial charge in [0.15, 0.2) is 17.6 Å². The van der Waals surface area contributed by atoms with Crippen LogP contribution in [0.25, 0.3) is 0 Å². The maximum absolute atomic E-state index is 13.2. The van der Waals surface area contributed by atoms with E-state index in [4.69, 9.17) is 4.74 Å². The summed E-state index contributed by atoms with van der Waals surface area (Å²) in [4.78, 5) is 35.2. The minimum atomic E-state index is -4.91. The number of carbonyl (C=O) groups excluding carboxylic acids is 1. The van der Waals surface area contributed by atoms with Crippen LogP contribution in [0.2, 0.25) is 0 Å². The average Bonchev–Trinajstić information content (AvgIpc) is 2.86. The number of halogens is 6. The van der Waals surface area contributed by atoms with Gasteiger partial charge in [-0.05, 0) is 19.8 Å². The number of anilines is 2. The number of aromatic amines is 1. The number of fused-ring (bicyclic) bond motifs is 3. The Morgan fingerprint density at radius 1 is 1.21 bits per heavy atom. The highest BCUT2D eigenvalue weighted by atomic mass is 19.4. The fourth-order valence-electron chi connectivity index (χ4n) is 4.58. The summed E-state index contributed by atoms with van der Waals surface area (Å²) in [5, 5.41) is 17.9. The third-order valence-corrected chi connectivity index (χ3v) is 6.36. The summed E-state index contributed by atoms with van der Waals surface area (Å²) in [6, 6.07) is -0.953. The monoisotopic (exact) mass is 565 g/mol. The summed E-state index contributed by atoms with van der Waals surface area (Å²) >= 11 is 0. The number of ether oxygens (including phenoxy) is 1. The van der Waals surface area contributed by atoms with Gasteiger partial charge in [0.1, 0.15) is 5.56 Å². The number of amides is 1. The largest absolute Gasteiger partial charge is 0.434 e. The highest BCUT2D eigenvalue weighted by Crippen LogP contribution is 2.34. The van der Waals surface area contributed by atoms with Crippen LogP contribution in [0.3, 0.4) is 0 Å². The molecule has 1 amide bonds. The number of hydrogen-bond acceptors (Lipinski definition) is 9. The molecule has 0 radical (unpaired) electrons. The van der Waals surface area contributed by atoms with Crippen molar-refractivity contribution < 1.29 is 41.0 Å². The predicted molar refractivity (Wildman–Crippen MR) is 123 cm³/mol. The maximum Gasteiger partial charge on any atom is 0.434 e. The molecule has 3 N–H and O–H groups in total. The fourth-order valence-corrected chi connectivity index (χ4v) is 4.58. The van der Waals surface area contributed by atoms with Gasteiger partial charge in [-0.15, -0.1) is 0 Å². The van der Waals surface area contributed by atoms with Gasteiger partial charge < -0.3 is 25.0 Å². The number of rotatable bonds is 7. The number of carbonyl (C=O) groups is 1. The molecule has 2 aromatic rings. The summed E-state index contributed by atoms with van der Waals surface area (Å²) in [7, 11) is 0. The second-order valence-corrected chi connectivity index (χ2v) is 9.28. The van der Waals surface area contributed by atoms with E-state index in [1.807, 2.05) is 4.90 Å². The van der Waals surface area contributed by atoms with Gasteiger partial charge in [0.05, 0.1) is 37.0 Å². The van der Waals surface area contributed by atoms with Crippen LogP contribution in [-0.4, -0.2) is 87.1 Å². The number of aryl methyl sites for hydroxylation is 1. The highest BCUT2D eigenvalue weighted by molar-refractivity contribution is 5.81. The molecule has 1 unspecified atom stereocenters. The molecule has 11 nitrogen and oxygen atoms in total. The molecule has 214 valence electrons. The van der Waals surface area contributed by atoms with Crippen molar-refractivity contribution >= 4 is 17.4 Å². The Morgan fingerprint density at radius 2 is 1.95 bits per heavy atom. The summed E-state index contributed by atoms with van der Waals surface area (Å²) in [6.45, 7) is 1.54. The first-order chi connectivity index (χ1) is 18.3. The van der Waals surface area contributed by atoms with Crippen molar-refractivity contribution in [3.05, 3.63) is 39.7 Å². The van der Waals surface area contributed by atoms with Gasteiger partial charge in [0.25, 0.3) is 11.5 Å². The van der Waals surface area contributed by atoms with Gasteiger partial charge in [-0.25, -0.2) is 15.1 Å². The zero-order valence-electron chi connectivity index (χ0n) is 20.5. The second kappa shape index (κ2) is 11.0. The standard InChI is InChI=1S/C22H25F6N7O4/c1-11(31-14-6-30-33-19(37)17(14)22(26,27)28)9-39-10-15(36)20(38)34-4-5-35-12(8-34)2-3-13-18(35)29-7-16(32-13)21(23,24)25/h6-7,11-12,15,36H,2-5,8-10H2,1H3,(H2,31,33,37)/t11-,12+,15?/m0/s1. The van der Waals surface area contributed by atoms with Crippen LogP contribution in [-0.2, 0) is 28.3 Å². The predicted octanol–water partition coefficient (Wildman–Crippen LogP) is 1.44. The van der Waals surface area contributed by atoms with Crippen LogP contribution < -0.4 is 15.8 Å². The number of nitrogens with zero attached hydrogens (tertiary/aromatic N) is 5. The van der Waals surface area contributed by atoms with E-state index in [-0.39, 0.29) is 44.4 Å². The van der Waals surface area contributed by atoms with Gasteiger partial charge >= 0.3 is 12.4 Å². The van der Waals surface area contributed by atoms with E-state index < -0.39 is 59.5 Å². The van der Waals surface area contributed by atoms with Gasteiger partial charge in [-0.2, -0.15) is 31.4 Å². The summed E-state index contributed by atoms with van der Waals surface area (Å²) < 4.78 is 83.7. The van der Waals surface area contributed by atoms with Crippen LogP contribution in [0.4, 0.5) is 37.8 Å². The Hall–Kier alpha value is -3.47. The van der Waals surface area contributed by atoms with Crippen LogP contribution in [0.15, 0.2) is 17.2 Å². The number of aliphatic hydroxyl groups is 1. The number of aromatic nitrogens is 4. The molecule has 17 heteroatoms. The minimum Gasteiger partial charge on any atom is -0.381 e. The topological polar surface area (TPSA) is 137 Å². The van der Waals surface area contributed by atoms with Crippen molar-refractivity contribution in [1.82, 2.24) is 25.1 Å². The molecule has 4 rings (SSSR count). The van der Waals surface area contributed by atoms with Crippen molar-refractivity contribution in [3.63, 3.8) is 0 Å². The van der Waals surface area contributed by atoms with E-state index in [1.54, 1.807) is 5.10 Å². The molecule has 0 spiro atoms. The quantitative estimate of drug-likeness (QED) is 0.426. The van der Waals surface area contributed by atoms with E-state index in [9.17, 15) is 41.0 Å². The van der Waals surface area contributed by atoms with Crippen molar-refractivity contribution in [2.75, 3.05) is 43.1 Å². The van der Waals surface area contributed by atoms with Gasteiger partial charge in [0.2, 0.25) is 0 Å². The molecular weight excluding hydrogens is 540 g/mol. The molecule has 1 fully saturated rings. The van der Waals surface area contributed by atoms with Crippen molar-refractivity contribution in [2.24, 2.45) is 0 Å². The van der Waals surface area contributed by atoms with Crippen LogP contribution in [0, 0.1) is 0 Å². The maximum atomic E-state index is 13.2. The average molecular weight is 565 g/mol. The van der Waals surface area contributed by atoms with Gasteiger partial charge in [-0.3, -0.25) is 9.59 Å². The lowest BCUT2D eigenvalue weighted by molar-refractivity contribution is -0.144. The molecule has 2 aliphatic heterocycles. The van der Waals surface area contributed by atoms with E-state index in [0.717, 1.165) is 6.20 Å². The SMILES string of the molecule is C[C@@H](COCC(O)C(=O)N1CCN2c3ncc(C(F)(F)F)nc3CC[C@@H]2C1)Nc1cn[nH]c(=O)c1C(F)(F)F. The molecule has 4 heterocycles. The van der Waals surface area contributed by atoms with Gasteiger partial charge in [0, 0.05) is 31.7 Å². The van der Waals surface area contributed by atoms with Crippen LogP contribution >= 0.6 is 0 Å². The Kier molecular flexibility index (Phi) is 8.02. The third kappa shape index (κ3) is 6.41. The Morgan fingerprint density at radius 3 is 2.64 bits per heavy atom. The first-order valence-electron chi connectivity index (χ1n) is 11.9. The number of hydrogen-bond donors (Lipinski definition) is 3. The molecule has 3 atom stereocenters. The van der Waals surface area contributed by atoms with Gasteiger partial charge in [-0.1, -0.05) is 0 Å². The van der Waals surface area contributed by atoms with E-state index >= 15 is 0 Å². The lowest BCUT2D eigenvalue weighted by Gasteiger charge is -2.45. The lowest BCUT2D eigenvalue weighted by atomic mass is 9.99. The fraction of sp³-hybridized carbons (Fsp3) is 0.591. The summed E-state index contributed by atoms with van der Waals surface area (Å²) in [5.74, 6) is -0.265. The van der Waals surface area contributed by atoms with Crippen molar-refractivity contribution in [1.29, 1.82) is 0 Å². The third-order valence-electron chi connectivity index (χ3n) is 6.36. The second-order valence-electron chi connectivity index (χ2n) is 9.28. The van der Waals surface area contributed by atoms with E-state index in [0.29, 0.717) is 18.4 Å². The first-order valence-corrected chi connectivity index (χ1v) is 11.9. The highest BCUT2D eigenvalue weighted by Gasteiger charge is 2.40. The smallest absolute Gasteiger partial charge is 0.381 e. The zero-order chi connectivity index (χ0) is 28.5. The lowest BCUT2D eigenvalue weighted by Crippen LogP contribution is -2.58. The van der Waals surface area contributed by atoms with Crippen LogP contribution in [0.5, 0.6) is 0 Å². The Bertz CT molecular complexity index is 1250. The number of alkyl halides is 6. The molecule has 0 saturated carbocycles. The number of nitrogens with one attached hydrogen (secondary N) is 2. The zero-order valence-corrected chi connectivity index (χ0v) is 20.5. The van der Waals surface area contributed by atoms with Crippen molar-refractivity contribution in [3.8, 4) is 0 Å². The first kappa shape index (κ1) is 28.5.